The van der Waals surface area contributed by atoms with E-state index >= 15 is 0 Å². The van der Waals surface area contributed by atoms with E-state index < -0.39 is 0 Å². The Hall–Kier alpha value is -1.35. The van der Waals surface area contributed by atoms with Gasteiger partial charge in [-0.3, -0.25) is 4.99 Å². The monoisotopic (exact) mass is 477 g/mol. The lowest BCUT2D eigenvalue weighted by Crippen LogP contribution is -2.36. The van der Waals surface area contributed by atoms with Crippen LogP contribution < -0.4 is 10.6 Å². The van der Waals surface area contributed by atoms with Crippen LogP contribution in [0.1, 0.15) is 16.7 Å². The third-order valence-corrected chi connectivity index (χ3v) is 4.14. The van der Waals surface area contributed by atoms with E-state index in [2.05, 4.69) is 15.6 Å². The molecule has 0 radical (unpaired) electrons. The van der Waals surface area contributed by atoms with E-state index in [4.69, 9.17) is 0 Å². The van der Waals surface area contributed by atoms with Crippen molar-refractivity contribution in [3.8, 4) is 0 Å². The lowest BCUT2D eigenvalue weighted by molar-refractivity contribution is 0.604. The predicted octanol–water partition coefficient (Wildman–Crippen LogP) is 4.31. The fourth-order valence-electron chi connectivity index (χ4n) is 2.28. The van der Waals surface area contributed by atoms with E-state index in [0.29, 0.717) is 24.6 Å². The van der Waals surface area contributed by atoms with Crippen LogP contribution in [0.4, 0.5) is 8.78 Å². The highest BCUT2D eigenvalue weighted by molar-refractivity contribution is 14.0. The SMILES string of the molecule is CN=C(NCc1ccccc1F)NCc1ccc(F)cc1CSC.I. The number of rotatable bonds is 6. The number of thioether (sulfide) groups is 1. The van der Waals surface area contributed by atoms with E-state index in [1.165, 1.54) is 12.1 Å². The van der Waals surface area contributed by atoms with Crippen molar-refractivity contribution >= 4 is 41.7 Å². The van der Waals surface area contributed by atoms with Gasteiger partial charge in [0.1, 0.15) is 11.6 Å². The van der Waals surface area contributed by atoms with Gasteiger partial charge in [0, 0.05) is 31.5 Å². The maximum absolute atomic E-state index is 13.6. The van der Waals surface area contributed by atoms with Gasteiger partial charge in [-0.05, 0) is 35.6 Å². The van der Waals surface area contributed by atoms with Crippen LogP contribution in [-0.2, 0) is 18.8 Å². The van der Waals surface area contributed by atoms with Gasteiger partial charge in [0.15, 0.2) is 5.96 Å². The Morgan fingerprint density at radius 3 is 2.32 bits per heavy atom. The second-order valence-corrected chi connectivity index (χ2v) is 6.08. The maximum atomic E-state index is 13.6. The van der Waals surface area contributed by atoms with E-state index in [1.54, 1.807) is 49.1 Å². The zero-order chi connectivity index (χ0) is 17.4. The number of hydrogen-bond donors (Lipinski definition) is 2. The summed E-state index contributed by atoms with van der Waals surface area (Å²) < 4.78 is 27.0. The number of nitrogens with zero attached hydrogens (tertiary/aromatic N) is 1. The number of benzene rings is 2. The van der Waals surface area contributed by atoms with Crippen molar-refractivity contribution < 1.29 is 8.78 Å². The first-order valence-corrected chi connectivity index (χ1v) is 8.97. The molecule has 0 saturated carbocycles. The summed E-state index contributed by atoms with van der Waals surface area (Å²) in [6, 6.07) is 11.4. The summed E-state index contributed by atoms with van der Waals surface area (Å²) in [4.78, 5) is 4.13. The Morgan fingerprint density at radius 1 is 1.00 bits per heavy atom. The third kappa shape index (κ3) is 6.81. The van der Waals surface area contributed by atoms with Crippen LogP contribution in [0.3, 0.4) is 0 Å². The van der Waals surface area contributed by atoms with E-state index in [9.17, 15) is 8.78 Å². The molecule has 0 unspecified atom stereocenters. The number of aliphatic imine (C=N–C) groups is 1. The van der Waals surface area contributed by atoms with E-state index in [0.717, 1.165) is 16.9 Å². The molecule has 2 rings (SSSR count). The lowest BCUT2D eigenvalue weighted by atomic mass is 10.1. The molecular formula is C18H22F2IN3S. The molecule has 3 nitrogen and oxygen atoms in total. The molecule has 0 spiro atoms. The molecule has 0 aliphatic rings. The van der Waals surface area contributed by atoms with Crippen molar-refractivity contribution in [2.75, 3.05) is 13.3 Å². The van der Waals surface area contributed by atoms with Crippen LogP contribution in [0.15, 0.2) is 47.5 Å². The topological polar surface area (TPSA) is 36.4 Å². The standard InChI is InChI=1S/C18H21F2N3S.HI/c1-21-18(23-11-14-5-3-4-6-17(14)20)22-10-13-7-8-16(19)9-15(13)12-24-2;/h3-9H,10-12H2,1-2H3,(H2,21,22,23);1H. The molecule has 0 atom stereocenters. The average molecular weight is 477 g/mol. The molecule has 0 fully saturated rings. The minimum atomic E-state index is -0.249. The zero-order valence-electron chi connectivity index (χ0n) is 14.2. The van der Waals surface area contributed by atoms with Gasteiger partial charge in [0.25, 0.3) is 0 Å². The van der Waals surface area contributed by atoms with Crippen LogP contribution in [0.2, 0.25) is 0 Å². The van der Waals surface area contributed by atoms with Gasteiger partial charge in [-0.2, -0.15) is 11.8 Å². The predicted molar refractivity (Wildman–Crippen MR) is 112 cm³/mol. The molecular weight excluding hydrogens is 455 g/mol. The summed E-state index contributed by atoms with van der Waals surface area (Å²) >= 11 is 1.64. The van der Waals surface area contributed by atoms with Gasteiger partial charge >= 0.3 is 0 Å². The summed E-state index contributed by atoms with van der Waals surface area (Å²) in [6.07, 6.45) is 1.98. The normalized spacial score (nSPS) is 11.0. The van der Waals surface area contributed by atoms with Crippen LogP contribution in [-0.4, -0.2) is 19.3 Å². The minimum Gasteiger partial charge on any atom is -0.352 e. The summed E-state index contributed by atoms with van der Waals surface area (Å²) in [5.74, 6) is 0.833. The first-order chi connectivity index (χ1) is 11.6. The van der Waals surface area contributed by atoms with Gasteiger partial charge in [-0.25, -0.2) is 8.78 Å². The van der Waals surface area contributed by atoms with Gasteiger partial charge in [-0.1, -0.05) is 24.3 Å². The number of guanidine groups is 1. The quantitative estimate of drug-likeness (QED) is 0.370. The molecule has 2 N–H and O–H groups in total. The molecule has 0 aromatic heterocycles. The van der Waals surface area contributed by atoms with Crippen molar-refractivity contribution in [2.24, 2.45) is 4.99 Å². The summed E-state index contributed by atoms with van der Waals surface area (Å²) in [5.41, 5.74) is 2.55. The third-order valence-electron chi connectivity index (χ3n) is 3.54. The lowest BCUT2D eigenvalue weighted by Gasteiger charge is -2.14. The van der Waals surface area contributed by atoms with Crippen molar-refractivity contribution in [2.45, 2.75) is 18.8 Å². The molecule has 0 aliphatic carbocycles. The van der Waals surface area contributed by atoms with Gasteiger partial charge in [-0.15, -0.1) is 24.0 Å². The van der Waals surface area contributed by atoms with Crippen molar-refractivity contribution in [3.05, 3.63) is 70.8 Å². The smallest absolute Gasteiger partial charge is 0.191 e. The second-order valence-electron chi connectivity index (χ2n) is 5.22. The van der Waals surface area contributed by atoms with Crippen LogP contribution in [0, 0.1) is 11.6 Å². The first-order valence-electron chi connectivity index (χ1n) is 7.58. The number of halogens is 3. The summed E-state index contributed by atoms with van der Waals surface area (Å²) in [7, 11) is 1.66. The Labute approximate surface area is 168 Å². The highest BCUT2D eigenvalue weighted by atomic mass is 127. The van der Waals surface area contributed by atoms with Crippen LogP contribution in [0.25, 0.3) is 0 Å². The Balaban J connectivity index is 0.00000312. The minimum absolute atomic E-state index is 0. The molecule has 2 aromatic carbocycles. The molecule has 0 saturated heterocycles. The largest absolute Gasteiger partial charge is 0.352 e. The first kappa shape index (κ1) is 21.7. The van der Waals surface area contributed by atoms with Crippen LogP contribution in [0.5, 0.6) is 0 Å². The molecule has 7 heteroatoms. The van der Waals surface area contributed by atoms with Crippen molar-refractivity contribution in [1.29, 1.82) is 0 Å². The van der Waals surface area contributed by atoms with E-state index in [-0.39, 0.29) is 35.6 Å². The van der Waals surface area contributed by atoms with Crippen molar-refractivity contribution in [3.63, 3.8) is 0 Å². The fourth-order valence-corrected chi connectivity index (χ4v) is 2.86. The molecule has 0 aliphatic heterocycles. The van der Waals surface area contributed by atoms with Gasteiger partial charge < -0.3 is 10.6 Å². The van der Waals surface area contributed by atoms with Crippen molar-refractivity contribution in [1.82, 2.24) is 10.6 Å². The summed E-state index contributed by atoms with van der Waals surface area (Å²) in [5, 5.41) is 6.26. The van der Waals surface area contributed by atoms with Gasteiger partial charge in [0.05, 0.1) is 0 Å². The van der Waals surface area contributed by atoms with Crippen LogP contribution >= 0.6 is 35.7 Å². The fraction of sp³-hybridized carbons (Fsp3) is 0.278. The summed E-state index contributed by atoms with van der Waals surface area (Å²) in [6.45, 7) is 0.862. The molecule has 0 bridgehead atoms. The van der Waals surface area contributed by atoms with Gasteiger partial charge in [0.2, 0.25) is 0 Å². The number of hydrogen-bond acceptors (Lipinski definition) is 2. The second kappa shape index (κ2) is 11.3. The molecule has 2 aromatic rings. The molecule has 136 valence electrons. The molecule has 0 heterocycles. The maximum Gasteiger partial charge on any atom is 0.191 e. The Morgan fingerprint density at radius 2 is 1.68 bits per heavy atom. The highest BCUT2D eigenvalue weighted by Crippen LogP contribution is 2.16. The van der Waals surface area contributed by atoms with E-state index in [1.807, 2.05) is 6.26 Å². The average Bonchev–Trinajstić information content (AvgIpc) is 2.58. The zero-order valence-corrected chi connectivity index (χ0v) is 17.3. The Kier molecular flexibility index (Phi) is 9.81. The highest BCUT2D eigenvalue weighted by Gasteiger charge is 2.06. The molecule has 0 amide bonds. The molecule has 25 heavy (non-hydrogen) atoms. The number of nitrogens with one attached hydrogen (secondary N) is 2. The Bertz CT molecular complexity index is 710.